The summed E-state index contributed by atoms with van der Waals surface area (Å²) in [5, 5.41) is 7.56. The van der Waals surface area contributed by atoms with Crippen molar-refractivity contribution in [2.45, 2.75) is 6.92 Å². The van der Waals surface area contributed by atoms with Gasteiger partial charge in [-0.25, -0.2) is 0 Å². The van der Waals surface area contributed by atoms with Crippen molar-refractivity contribution >= 4 is 23.0 Å². The Hall–Kier alpha value is -1.53. The molecule has 6 heteroatoms. The van der Waals surface area contributed by atoms with Gasteiger partial charge in [0.25, 0.3) is 0 Å². The summed E-state index contributed by atoms with van der Waals surface area (Å²) in [5.41, 5.74) is 4.35. The third-order valence-corrected chi connectivity index (χ3v) is 2.19. The summed E-state index contributed by atoms with van der Waals surface area (Å²) in [6.07, 6.45) is 1.73. The highest BCUT2D eigenvalue weighted by atomic mass is 32.1. The fourth-order valence-corrected chi connectivity index (χ4v) is 1.22. The molecule has 0 aliphatic heterocycles. The summed E-state index contributed by atoms with van der Waals surface area (Å²) in [5.74, 6) is 0. The smallest absolute Gasteiger partial charge is 0.187 e. The maximum Gasteiger partial charge on any atom is 0.187 e. The zero-order valence-corrected chi connectivity index (χ0v) is 10.8. The Morgan fingerprint density at radius 3 is 3.00 bits per heavy atom. The van der Waals surface area contributed by atoms with Crippen LogP contribution in [0.5, 0.6) is 0 Å². The first-order chi connectivity index (χ1) is 8.24. The fraction of sp³-hybridized carbons (Fsp3) is 0.364. The van der Waals surface area contributed by atoms with E-state index >= 15 is 0 Å². The van der Waals surface area contributed by atoms with Crippen LogP contribution in [-0.4, -0.2) is 36.1 Å². The Labute approximate surface area is 106 Å². The number of nitrogens with one attached hydrogen (secondary N) is 2. The van der Waals surface area contributed by atoms with E-state index in [1.807, 2.05) is 25.1 Å². The molecule has 0 fully saturated rings. The second kappa shape index (κ2) is 7.70. The van der Waals surface area contributed by atoms with Gasteiger partial charge in [-0.05, 0) is 31.3 Å². The SMILES string of the molecule is COCCNC(=S)N/N=C(/C)c1ccccn1. The van der Waals surface area contributed by atoms with Crippen molar-refractivity contribution in [1.82, 2.24) is 15.7 Å². The van der Waals surface area contributed by atoms with E-state index in [1.54, 1.807) is 13.3 Å². The molecular formula is C11H16N4OS. The number of hydrazone groups is 1. The minimum Gasteiger partial charge on any atom is -0.383 e. The van der Waals surface area contributed by atoms with E-state index in [4.69, 9.17) is 17.0 Å². The number of nitrogens with zero attached hydrogens (tertiary/aromatic N) is 2. The molecule has 0 saturated heterocycles. The molecular weight excluding hydrogens is 236 g/mol. The van der Waals surface area contributed by atoms with Crippen LogP contribution in [0.15, 0.2) is 29.5 Å². The van der Waals surface area contributed by atoms with Gasteiger partial charge in [-0.2, -0.15) is 5.10 Å². The summed E-state index contributed by atoms with van der Waals surface area (Å²) in [6, 6.07) is 5.67. The molecule has 0 aromatic carbocycles. The lowest BCUT2D eigenvalue weighted by molar-refractivity contribution is 0.204. The Kier molecular flexibility index (Phi) is 6.13. The minimum atomic E-state index is 0.470. The van der Waals surface area contributed by atoms with Crippen LogP contribution in [-0.2, 0) is 4.74 Å². The third kappa shape index (κ3) is 5.37. The summed E-state index contributed by atoms with van der Waals surface area (Å²) < 4.78 is 4.89. The van der Waals surface area contributed by atoms with Crippen molar-refractivity contribution in [3.8, 4) is 0 Å². The summed E-state index contributed by atoms with van der Waals surface area (Å²) in [4.78, 5) is 4.18. The van der Waals surface area contributed by atoms with Gasteiger partial charge in [-0.1, -0.05) is 6.07 Å². The Morgan fingerprint density at radius 1 is 1.53 bits per heavy atom. The zero-order chi connectivity index (χ0) is 12.5. The van der Waals surface area contributed by atoms with Gasteiger partial charge in [0, 0.05) is 19.9 Å². The maximum absolute atomic E-state index is 5.03. The topological polar surface area (TPSA) is 58.5 Å². The zero-order valence-electron chi connectivity index (χ0n) is 9.93. The van der Waals surface area contributed by atoms with E-state index in [2.05, 4.69) is 20.8 Å². The molecule has 0 aliphatic rings. The normalized spacial score (nSPS) is 11.1. The molecule has 17 heavy (non-hydrogen) atoms. The van der Waals surface area contributed by atoms with Gasteiger partial charge >= 0.3 is 0 Å². The lowest BCUT2D eigenvalue weighted by Gasteiger charge is -2.06. The number of hydrogen-bond acceptors (Lipinski definition) is 4. The molecule has 2 N–H and O–H groups in total. The quantitative estimate of drug-likeness (QED) is 0.353. The molecule has 5 nitrogen and oxygen atoms in total. The van der Waals surface area contributed by atoms with Gasteiger partial charge in [0.2, 0.25) is 0 Å². The highest BCUT2D eigenvalue weighted by Crippen LogP contribution is 1.94. The maximum atomic E-state index is 5.03. The molecule has 0 saturated carbocycles. The molecule has 0 unspecified atom stereocenters. The molecule has 1 aromatic rings. The van der Waals surface area contributed by atoms with Crippen LogP contribution in [0.4, 0.5) is 0 Å². The summed E-state index contributed by atoms with van der Waals surface area (Å²) in [7, 11) is 1.64. The largest absolute Gasteiger partial charge is 0.383 e. The van der Waals surface area contributed by atoms with Crippen molar-refractivity contribution in [1.29, 1.82) is 0 Å². The molecule has 0 atom stereocenters. The number of ether oxygens (including phenoxy) is 1. The van der Waals surface area contributed by atoms with Crippen molar-refractivity contribution in [3.63, 3.8) is 0 Å². The van der Waals surface area contributed by atoms with Crippen LogP contribution in [0.25, 0.3) is 0 Å². The third-order valence-electron chi connectivity index (χ3n) is 1.95. The number of hydrogen-bond donors (Lipinski definition) is 2. The van der Waals surface area contributed by atoms with Gasteiger partial charge < -0.3 is 10.1 Å². The van der Waals surface area contributed by atoms with Crippen LogP contribution in [0.3, 0.4) is 0 Å². The van der Waals surface area contributed by atoms with Crippen molar-refractivity contribution in [2.24, 2.45) is 5.10 Å². The van der Waals surface area contributed by atoms with Crippen LogP contribution < -0.4 is 10.7 Å². The monoisotopic (exact) mass is 252 g/mol. The van der Waals surface area contributed by atoms with Crippen LogP contribution in [0.2, 0.25) is 0 Å². The number of pyridine rings is 1. The van der Waals surface area contributed by atoms with Gasteiger partial charge in [-0.15, -0.1) is 0 Å². The molecule has 0 radical (unpaired) electrons. The molecule has 1 aromatic heterocycles. The van der Waals surface area contributed by atoms with E-state index in [1.165, 1.54) is 0 Å². The first-order valence-electron chi connectivity index (χ1n) is 5.22. The average Bonchev–Trinajstić information content (AvgIpc) is 2.37. The van der Waals surface area contributed by atoms with E-state index in [0.29, 0.717) is 18.3 Å². The molecule has 1 rings (SSSR count). The number of rotatable bonds is 5. The van der Waals surface area contributed by atoms with E-state index < -0.39 is 0 Å². The number of methoxy groups -OCH3 is 1. The lowest BCUT2D eigenvalue weighted by atomic mass is 10.3. The second-order valence-corrected chi connectivity index (χ2v) is 3.68. The van der Waals surface area contributed by atoms with Gasteiger partial charge in [0.1, 0.15) is 0 Å². The first-order valence-corrected chi connectivity index (χ1v) is 5.63. The standard InChI is InChI=1S/C11H16N4OS/c1-9(10-5-3-4-6-12-10)14-15-11(17)13-7-8-16-2/h3-6H,7-8H2,1-2H3,(H2,13,15,17)/b14-9-. The average molecular weight is 252 g/mol. The lowest BCUT2D eigenvalue weighted by Crippen LogP contribution is -2.34. The molecule has 92 valence electrons. The van der Waals surface area contributed by atoms with Crippen molar-refractivity contribution in [3.05, 3.63) is 30.1 Å². The minimum absolute atomic E-state index is 0.470. The predicted octanol–water partition coefficient (Wildman–Crippen LogP) is 0.916. The Bertz CT molecular complexity index is 380. The van der Waals surface area contributed by atoms with Crippen LogP contribution in [0.1, 0.15) is 12.6 Å². The van der Waals surface area contributed by atoms with E-state index in [0.717, 1.165) is 11.4 Å². The summed E-state index contributed by atoms with van der Waals surface area (Å²) in [6.45, 7) is 3.12. The van der Waals surface area contributed by atoms with Crippen LogP contribution >= 0.6 is 12.2 Å². The second-order valence-electron chi connectivity index (χ2n) is 3.27. The first kappa shape index (κ1) is 13.5. The van der Waals surface area contributed by atoms with Crippen LogP contribution in [0, 0.1) is 0 Å². The predicted molar refractivity (Wildman–Crippen MR) is 72.1 cm³/mol. The van der Waals surface area contributed by atoms with Gasteiger partial charge in [0.05, 0.1) is 18.0 Å². The van der Waals surface area contributed by atoms with Crippen molar-refractivity contribution < 1.29 is 4.74 Å². The highest BCUT2D eigenvalue weighted by Gasteiger charge is 1.98. The van der Waals surface area contributed by atoms with Crippen molar-refractivity contribution in [2.75, 3.05) is 20.3 Å². The molecule has 0 bridgehead atoms. The van der Waals surface area contributed by atoms with E-state index in [-0.39, 0.29) is 0 Å². The number of thiocarbonyl (C=S) groups is 1. The molecule has 0 aliphatic carbocycles. The molecule has 0 amide bonds. The summed E-state index contributed by atoms with van der Waals surface area (Å²) >= 11 is 5.03. The number of aromatic nitrogens is 1. The van der Waals surface area contributed by atoms with Gasteiger partial charge in [0.15, 0.2) is 5.11 Å². The van der Waals surface area contributed by atoms with Gasteiger partial charge in [-0.3, -0.25) is 10.4 Å². The Morgan fingerprint density at radius 2 is 2.35 bits per heavy atom. The van der Waals surface area contributed by atoms with E-state index in [9.17, 15) is 0 Å². The Balaban J connectivity index is 2.40. The fourth-order valence-electron chi connectivity index (χ4n) is 1.07. The molecule has 0 spiro atoms. The molecule has 1 heterocycles. The highest BCUT2D eigenvalue weighted by molar-refractivity contribution is 7.80.